The molecule has 1 aliphatic heterocycles. The van der Waals surface area contributed by atoms with Gasteiger partial charge in [-0.15, -0.1) is 0 Å². The molecule has 5 heteroatoms. The summed E-state index contributed by atoms with van der Waals surface area (Å²) in [5.41, 5.74) is 2.82. The number of nitrogens with one attached hydrogen (secondary N) is 1. The Kier molecular flexibility index (Phi) is 6.97. The number of carbonyl (C=O) groups is 2. The molecule has 1 heterocycles. The number of carbonyl (C=O) groups excluding carboxylic acids is 2. The Balaban J connectivity index is 1.39. The summed E-state index contributed by atoms with van der Waals surface area (Å²) in [6.07, 6.45) is 0. The third-order valence-electron chi connectivity index (χ3n) is 6.10. The number of hydrogen-bond acceptors (Lipinski definition) is 3. The minimum Gasteiger partial charge on any atom is -0.344 e. The first-order valence-electron chi connectivity index (χ1n) is 11.1. The van der Waals surface area contributed by atoms with Crippen molar-refractivity contribution in [2.75, 3.05) is 26.2 Å². The lowest BCUT2D eigenvalue weighted by Crippen LogP contribution is -2.55. The van der Waals surface area contributed by atoms with E-state index in [4.69, 9.17) is 0 Å². The van der Waals surface area contributed by atoms with E-state index in [-0.39, 0.29) is 23.9 Å². The standard InChI is InChI=1S/C27H29N3O2/c1-21(29-17-19-30(20-18-29)27(32)24-15-9-4-10-16-24)26(31)28-25(22-11-5-2-6-12-22)23-13-7-3-8-14-23/h2-16,21,25H,17-20H2,1H3,(H,28,31)/t21-/m1/s1. The lowest BCUT2D eigenvalue weighted by atomic mass is 9.98. The van der Waals surface area contributed by atoms with Crippen LogP contribution in [-0.4, -0.2) is 53.8 Å². The first-order valence-corrected chi connectivity index (χ1v) is 11.1. The average Bonchev–Trinajstić information content (AvgIpc) is 2.88. The second kappa shape index (κ2) is 10.2. The van der Waals surface area contributed by atoms with E-state index < -0.39 is 0 Å². The van der Waals surface area contributed by atoms with Crippen molar-refractivity contribution in [2.24, 2.45) is 0 Å². The van der Waals surface area contributed by atoms with Crippen molar-refractivity contribution in [3.63, 3.8) is 0 Å². The van der Waals surface area contributed by atoms with Gasteiger partial charge in [0.1, 0.15) is 0 Å². The Morgan fingerprint density at radius 3 is 1.69 bits per heavy atom. The number of amides is 2. The summed E-state index contributed by atoms with van der Waals surface area (Å²) >= 11 is 0. The van der Waals surface area contributed by atoms with E-state index in [0.717, 1.165) is 11.1 Å². The highest BCUT2D eigenvalue weighted by molar-refractivity contribution is 5.94. The molecule has 0 aromatic heterocycles. The Morgan fingerprint density at radius 2 is 1.19 bits per heavy atom. The molecule has 3 aromatic rings. The highest BCUT2D eigenvalue weighted by atomic mass is 16.2. The molecule has 32 heavy (non-hydrogen) atoms. The Morgan fingerprint density at radius 1 is 0.719 bits per heavy atom. The van der Waals surface area contributed by atoms with Gasteiger partial charge < -0.3 is 10.2 Å². The summed E-state index contributed by atoms with van der Waals surface area (Å²) in [6.45, 7) is 4.53. The minimum absolute atomic E-state index is 0.00876. The summed E-state index contributed by atoms with van der Waals surface area (Å²) in [5.74, 6) is 0.0427. The first-order chi connectivity index (χ1) is 15.6. The number of nitrogens with zero attached hydrogens (tertiary/aromatic N) is 2. The SMILES string of the molecule is C[C@H](C(=O)NC(c1ccccc1)c1ccccc1)N1CCN(C(=O)c2ccccc2)CC1. The van der Waals surface area contributed by atoms with E-state index in [1.807, 2.05) is 103 Å². The predicted molar refractivity (Wildman–Crippen MR) is 126 cm³/mol. The first kappa shape index (κ1) is 21.8. The topological polar surface area (TPSA) is 52.7 Å². The second-order valence-electron chi connectivity index (χ2n) is 8.13. The smallest absolute Gasteiger partial charge is 0.253 e. The van der Waals surface area contributed by atoms with Gasteiger partial charge in [0.15, 0.2) is 0 Å². The van der Waals surface area contributed by atoms with Gasteiger partial charge in [-0.1, -0.05) is 78.9 Å². The monoisotopic (exact) mass is 427 g/mol. The molecule has 0 bridgehead atoms. The molecule has 5 nitrogen and oxygen atoms in total. The Hall–Kier alpha value is -3.44. The van der Waals surface area contributed by atoms with Crippen molar-refractivity contribution in [3.8, 4) is 0 Å². The number of rotatable bonds is 6. The number of piperazine rings is 1. The van der Waals surface area contributed by atoms with Gasteiger partial charge >= 0.3 is 0 Å². The zero-order valence-corrected chi connectivity index (χ0v) is 18.4. The van der Waals surface area contributed by atoms with Crippen LogP contribution < -0.4 is 5.32 Å². The van der Waals surface area contributed by atoms with Crippen molar-refractivity contribution < 1.29 is 9.59 Å². The van der Waals surface area contributed by atoms with Crippen LogP contribution in [0, 0.1) is 0 Å². The van der Waals surface area contributed by atoms with Crippen LogP contribution in [0.25, 0.3) is 0 Å². The van der Waals surface area contributed by atoms with Crippen molar-refractivity contribution in [1.29, 1.82) is 0 Å². The summed E-state index contributed by atoms with van der Waals surface area (Å²) < 4.78 is 0. The number of benzene rings is 3. The van der Waals surface area contributed by atoms with Crippen LogP contribution in [-0.2, 0) is 4.79 Å². The predicted octanol–water partition coefficient (Wildman–Crippen LogP) is 3.74. The van der Waals surface area contributed by atoms with Crippen molar-refractivity contribution in [3.05, 3.63) is 108 Å². The molecule has 1 aliphatic rings. The fourth-order valence-electron chi connectivity index (χ4n) is 4.15. The molecule has 164 valence electrons. The number of hydrogen-bond donors (Lipinski definition) is 1. The molecule has 0 unspecified atom stereocenters. The van der Waals surface area contributed by atoms with Gasteiger partial charge in [-0.3, -0.25) is 14.5 Å². The van der Waals surface area contributed by atoms with E-state index in [2.05, 4.69) is 10.2 Å². The maximum Gasteiger partial charge on any atom is 0.253 e. The zero-order valence-electron chi connectivity index (χ0n) is 18.4. The van der Waals surface area contributed by atoms with Gasteiger partial charge in [0.2, 0.25) is 5.91 Å². The Labute approximate surface area is 189 Å². The van der Waals surface area contributed by atoms with Crippen molar-refractivity contribution in [2.45, 2.75) is 19.0 Å². The van der Waals surface area contributed by atoms with E-state index in [0.29, 0.717) is 31.7 Å². The second-order valence-corrected chi connectivity index (χ2v) is 8.13. The molecule has 0 aliphatic carbocycles. The normalized spacial score (nSPS) is 15.4. The largest absolute Gasteiger partial charge is 0.344 e. The van der Waals surface area contributed by atoms with Gasteiger partial charge in [0.25, 0.3) is 5.91 Å². The van der Waals surface area contributed by atoms with Gasteiger partial charge in [0, 0.05) is 31.7 Å². The van der Waals surface area contributed by atoms with Crippen LogP contribution in [0.4, 0.5) is 0 Å². The molecule has 0 radical (unpaired) electrons. The minimum atomic E-state index is -0.279. The molecule has 0 saturated carbocycles. The van der Waals surface area contributed by atoms with Crippen LogP contribution in [0.2, 0.25) is 0 Å². The Bertz CT molecular complexity index is 977. The van der Waals surface area contributed by atoms with Crippen LogP contribution in [0.15, 0.2) is 91.0 Å². The molecule has 4 rings (SSSR count). The van der Waals surface area contributed by atoms with Crippen LogP contribution in [0.5, 0.6) is 0 Å². The maximum absolute atomic E-state index is 13.2. The van der Waals surface area contributed by atoms with Crippen LogP contribution >= 0.6 is 0 Å². The highest BCUT2D eigenvalue weighted by Gasteiger charge is 2.29. The summed E-state index contributed by atoms with van der Waals surface area (Å²) in [6, 6.07) is 29.0. The van der Waals surface area contributed by atoms with Crippen molar-refractivity contribution in [1.82, 2.24) is 15.1 Å². The van der Waals surface area contributed by atoms with Crippen molar-refractivity contribution >= 4 is 11.8 Å². The lowest BCUT2D eigenvalue weighted by Gasteiger charge is -2.38. The van der Waals surface area contributed by atoms with Gasteiger partial charge in [-0.05, 0) is 30.2 Å². The van der Waals surface area contributed by atoms with Gasteiger partial charge in [-0.2, -0.15) is 0 Å². The fourth-order valence-corrected chi connectivity index (χ4v) is 4.15. The summed E-state index contributed by atoms with van der Waals surface area (Å²) in [4.78, 5) is 29.9. The van der Waals surface area contributed by atoms with E-state index >= 15 is 0 Å². The lowest BCUT2D eigenvalue weighted by molar-refractivity contribution is -0.126. The van der Waals surface area contributed by atoms with Gasteiger partial charge in [-0.25, -0.2) is 0 Å². The average molecular weight is 428 g/mol. The molecule has 3 aromatic carbocycles. The molecule has 0 spiro atoms. The molecular formula is C27H29N3O2. The van der Waals surface area contributed by atoms with Crippen LogP contribution in [0.3, 0.4) is 0 Å². The van der Waals surface area contributed by atoms with Gasteiger partial charge in [0.05, 0.1) is 12.1 Å². The summed E-state index contributed by atoms with van der Waals surface area (Å²) in [5, 5.41) is 3.25. The summed E-state index contributed by atoms with van der Waals surface area (Å²) in [7, 11) is 0. The molecule has 1 atom stereocenters. The third-order valence-corrected chi connectivity index (χ3v) is 6.10. The molecule has 1 saturated heterocycles. The van der Waals surface area contributed by atoms with Crippen LogP contribution in [0.1, 0.15) is 34.5 Å². The van der Waals surface area contributed by atoms with E-state index in [1.54, 1.807) is 0 Å². The molecular weight excluding hydrogens is 398 g/mol. The molecule has 1 N–H and O–H groups in total. The quantitative estimate of drug-likeness (QED) is 0.652. The zero-order chi connectivity index (χ0) is 22.3. The maximum atomic E-state index is 13.2. The molecule has 2 amide bonds. The third kappa shape index (κ3) is 5.06. The van der Waals surface area contributed by atoms with E-state index in [9.17, 15) is 9.59 Å². The van der Waals surface area contributed by atoms with E-state index in [1.165, 1.54) is 0 Å². The highest BCUT2D eigenvalue weighted by Crippen LogP contribution is 2.22. The fraction of sp³-hybridized carbons (Fsp3) is 0.259. The molecule has 1 fully saturated rings.